The van der Waals surface area contributed by atoms with Crippen molar-refractivity contribution in [2.24, 2.45) is 11.3 Å². The molecule has 2 saturated carbocycles. The van der Waals surface area contributed by atoms with Gasteiger partial charge >= 0.3 is 0 Å². The molecule has 2 aliphatic rings. The SMILES string of the molecule is CC(CCNC(=O)CC12CCC(CC1)C2)N(C)C(=O)c1ccc(O)c(F)c1F. The highest BCUT2D eigenvalue weighted by Gasteiger charge is 2.45. The second-order valence-corrected chi connectivity index (χ2v) is 8.49. The van der Waals surface area contributed by atoms with Crippen molar-refractivity contribution in [1.29, 1.82) is 0 Å². The molecule has 2 amide bonds. The zero-order valence-electron chi connectivity index (χ0n) is 16.4. The van der Waals surface area contributed by atoms with Crippen LogP contribution in [0.4, 0.5) is 8.78 Å². The van der Waals surface area contributed by atoms with Crippen LogP contribution in [0.3, 0.4) is 0 Å². The lowest BCUT2D eigenvalue weighted by molar-refractivity contribution is -0.123. The summed E-state index contributed by atoms with van der Waals surface area (Å²) in [5, 5.41) is 12.1. The van der Waals surface area contributed by atoms with E-state index in [9.17, 15) is 23.5 Å². The van der Waals surface area contributed by atoms with Crippen LogP contribution in [0.15, 0.2) is 12.1 Å². The lowest BCUT2D eigenvalue weighted by Crippen LogP contribution is -2.38. The Morgan fingerprint density at radius 1 is 1.29 bits per heavy atom. The predicted octanol–water partition coefficient (Wildman–Crippen LogP) is 3.61. The van der Waals surface area contributed by atoms with Gasteiger partial charge in [-0.3, -0.25) is 9.59 Å². The Labute approximate surface area is 164 Å². The molecule has 0 aromatic heterocycles. The molecule has 5 nitrogen and oxygen atoms in total. The summed E-state index contributed by atoms with van der Waals surface area (Å²) in [5.74, 6) is -3.43. The Morgan fingerprint density at radius 2 is 1.96 bits per heavy atom. The van der Waals surface area contributed by atoms with Crippen LogP contribution in [0.2, 0.25) is 0 Å². The van der Waals surface area contributed by atoms with Gasteiger partial charge in [0, 0.05) is 26.1 Å². The van der Waals surface area contributed by atoms with Crippen LogP contribution >= 0.6 is 0 Å². The minimum atomic E-state index is -1.43. The molecular weight excluding hydrogens is 366 g/mol. The van der Waals surface area contributed by atoms with E-state index in [1.54, 1.807) is 6.92 Å². The molecule has 1 unspecified atom stereocenters. The fraction of sp³-hybridized carbons (Fsp3) is 0.619. The summed E-state index contributed by atoms with van der Waals surface area (Å²) in [4.78, 5) is 26.0. The van der Waals surface area contributed by atoms with Crippen molar-refractivity contribution in [2.45, 2.75) is 57.9 Å². The van der Waals surface area contributed by atoms with E-state index >= 15 is 0 Å². The highest BCUT2D eigenvalue weighted by Crippen LogP contribution is 2.55. The van der Waals surface area contributed by atoms with Gasteiger partial charge in [0.05, 0.1) is 5.56 Å². The zero-order chi connectivity index (χ0) is 20.5. The topological polar surface area (TPSA) is 69.6 Å². The number of hydrogen-bond acceptors (Lipinski definition) is 3. The fourth-order valence-corrected chi connectivity index (χ4v) is 4.67. The van der Waals surface area contributed by atoms with Crippen molar-refractivity contribution >= 4 is 11.8 Å². The number of carbonyl (C=O) groups is 2. The number of halogens is 2. The Bertz CT molecular complexity index is 760. The number of hydrogen-bond donors (Lipinski definition) is 2. The van der Waals surface area contributed by atoms with Gasteiger partial charge in [0.1, 0.15) is 0 Å². The van der Waals surface area contributed by atoms with Gasteiger partial charge < -0.3 is 15.3 Å². The van der Waals surface area contributed by atoms with Crippen molar-refractivity contribution in [3.63, 3.8) is 0 Å². The maximum atomic E-state index is 13.9. The zero-order valence-corrected chi connectivity index (χ0v) is 16.4. The molecule has 0 radical (unpaired) electrons. The summed E-state index contributed by atoms with van der Waals surface area (Å²) in [7, 11) is 1.51. The molecule has 28 heavy (non-hydrogen) atoms. The van der Waals surface area contributed by atoms with Crippen LogP contribution in [0.1, 0.15) is 62.2 Å². The van der Waals surface area contributed by atoms with Gasteiger partial charge in [-0.2, -0.15) is 4.39 Å². The van der Waals surface area contributed by atoms with Crippen molar-refractivity contribution < 1.29 is 23.5 Å². The van der Waals surface area contributed by atoms with E-state index in [1.807, 2.05) is 0 Å². The van der Waals surface area contributed by atoms with E-state index in [1.165, 1.54) is 31.2 Å². The molecular formula is C21H28F2N2O3. The largest absolute Gasteiger partial charge is 0.505 e. The number of carbonyl (C=O) groups excluding carboxylic acids is 2. The number of nitrogens with one attached hydrogen (secondary N) is 1. The third-order valence-corrected chi connectivity index (χ3v) is 6.58. The van der Waals surface area contributed by atoms with Crippen LogP contribution in [-0.2, 0) is 4.79 Å². The third kappa shape index (κ3) is 4.13. The monoisotopic (exact) mass is 394 g/mol. The number of fused-ring (bicyclic) bond motifs is 2. The minimum Gasteiger partial charge on any atom is -0.505 e. The molecule has 7 heteroatoms. The van der Waals surface area contributed by atoms with E-state index in [0.29, 0.717) is 19.4 Å². The number of benzene rings is 1. The molecule has 1 aromatic carbocycles. The Balaban J connectivity index is 1.47. The maximum absolute atomic E-state index is 13.9. The van der Waals surface area contributed by atoms with Crippen molar-refractivity contribution in [3.05, 3.63) is 29.3 Å². The molecule has 3 rings (SSSR count). The van der Waals surface area contributed by atoms with Gasteiger partial charge in [0.25, 0.3) is 5.91 Å². The number of aromatic hydroxyl groups is 1. The van der Waals surface area contributed by atoms with Crippen LogP contribution in [0.25, 0.3) is 0 Å². The first-order valence-electron chi connectivity index (χ1n) is 9.93. The summed E-state index contributed by atoms with van der Waals surface area (Å²) in [6.45, 7) is 2.21. The highest BCUT2D eigenvalue weighted by molar-refractivity contribution is 5.94. The van der Waals surface area contributed by atoms with E-state index in [4.69, 9.17) is 0 Å². The molecule has 0 saturated heterocycles. The average Bonchev–Trinajstić information content (AvgIpc) is 3.25. The Morgan fingerprint density at radius 3 is 2.57 bits per heavy atom. The van der Waals surface area contributed by atoms with Crippen LogP contribution < -0.4 is 5.32 Å². The fourth-order valence-electron chi connectivity index (χ4n) is 4.67. The molecule has 1 aromatic rings. The number of phenolic OH excluding ortho intramolecular Hbond substituents is 1. The van der Waals surface area contributed by atoms with E-state index in [0.717, 1.165) is 30.9 Å². The van der Waals surface area contributed by atoms with Gasteiger partial charge in [-0.25, -0.2) is 4.39 Å². The lowest BCUT2D eigenvalue weighted by atomic mass is 9.81. The first-order valence-corrected chi connectivity index (χ1v) is 9.93. The number of phenols is 1. The summed E-state index contributed by atoms with van der Waals surface area (Å²) in [6.07, 6.45) is 7.03. The standard InChI is InChI=1S/C21H28F2N2O3/c1-13(25(2)20(28)15-3-4-16(26)19(23)18(15)22)7-10-24-17(27)12-21-8-5-14(11-21)6-9-21/h3-4,13-14,26H,5-12H2,1-2H3,(H,24,27). The normalized spacial score (nSPS) is 24.2. The van der Waals surface area contributed by atoms with Crippen molar-refractivity contribution in [1.82, 2.24) is 10.2 Å². The number of amides is 2. The van der Waals surface area contributed by atoms with E-state index in [2.05, 4.69) is 5.32 Å². The van der Waals surface area contributed by atoms with Gasteiger partial charge in [0.15, 0.2) is 11.6 Å². The van der Waals surface area contributed by atoms with Gasteiger partial charge in [-0.05, 0) is 68.9 Å². The van der Waals surface area contributed by atoms with Crippen LogP contribution in [-0.4, -0.2) is 41.5 Å². The van der Waals surface area contributed by atoms with Crippen LogP contribution in [0, 0.1) is 23.0 Å². The molecule has 0 spiro atoms. The Kier molecular flexibility index (Phi) is 5.91. The van der Waals surface area contributed by atoms with Crippen molar-refractivity contribution in [3.8, 4) is 5.75 Å². The van der Waals surface area contributed by atoms with Crippen LogP contribution in [0.5, 0.6) is 5.75 Å². The minimum absolute atomic E-state index is 0.0513. The van der Waals surface area contributed by atoms with E-state index in [-0.39, 0.29) is 17.4 Å². The number of rotatable bonds is 7. The first kappa shape index (κ1) is 20.6. The molecule has 1 atom stereocenters. The molecule has 0 aliphatic heterocycles. The summed E-state index contributed by atoms with van der Waals surface area (Å²) < 4.78 is 27.4. The quantitative estimate of drug-likeness (QED) is 0.742. The Hall–Kier alpha value is -2.18. The van der Waals surface area contributed by atoms with Gasteiger partial charge in [0.2, 0.25) is 11.7 Å². The molecule has 2 bridgehead atoms. The molecule has 0 heterocycles. The molecule has 2 fully saturated rings. The second kappa shape index (κ2) is 8.05. The number of nitrogens with zero attached hydrogens (tertiary/aromatic N) is 1. The molecule has 2 aliphatic carbocycles. The van der Waals surface area contributed by atoms with E-state index < -0.39 is 28.9 Å². The first-order chi connectivity index (χ1) is 13.2. The smallest absolute Gasteiger partial charge is 0.256 e. The molecule has 2 N–H and O–H groups in total. The summed E-state index contributed by atoms with van der Waals surface area (Å²) >= 11 is 0. The molecule has 154 valence electrons. The second-order valence-electron chi connectivity index (χ2n) is 8.49. The lowest BCUT2D eigenvalue weighted by Gasteiger charge is -2.27. The highest BCUT2D eigenvalue weighted by atomic mass is 19.2. The summed E-state index contributed by atoms with van der Waals surface area (Å²) in [6, 6.07) is 1.75. The third-order valence-electron chi connectivity index (χ3n) is 6.58. The summed E-state index contributed by atoms with van der Waals surface area (Å²) in [5.41, 5.74) is -0.224. The average molecular weight is 394 g/mol. The van der Waals surface area contributed by atoms with Gasteiger partial charge in [-0.1, -0.05) is 0 Å². The maximum Gasteiger partial charge on any atom is 0.256 e. The van der Waals surface area contributed by atoms with Gasteiger partial charge in [-0.15, -0.1) is 0 Å². The predicted molar refractivity (Wildman–Crippen MR) is 101 cm³/mol. The van der Waals surface area contributed by atoms with Crippen molar-refractivity contribution in [2.75, 3.05) is 13.6 Å².